The minimum atomic E-state index is -0.558. The van der Waals surface area contributed by atoms with Crippen LogP contribution in [0.5, 0.6) is 17.2 Å². The van der Waals surface area contributed by atoms with Gasteiger partial charge in [-0.1, -0.05) is 48.5 Å². The Bertz CT molecular complexity index is 1360. The lowest BCUT2D eigenvalue weighted by atomic mass is 10.1. The number of methoxy groups -OCH3 is 3. The fraction of sp³-hybridized carbons (Fsp3) is 0.214. The molecule has 186 valence electrons. The first-order chi connectivity index (χ1) is 17.5. The van der Waals surface area contributed by atoms with E-state index in [0.29, 0.717) is 34.9 Å². The summed E-state index contributed by atoms with van der Waals surface area (Å²) in [5.74, 6) is 0.576. The molecule has 0 fully saturated rings. The molecule has 0 unspecified atom stereocenters. The molecule has 3 aromatic carbocycles. The normalized spacial score (nSPS) is 10.6. The van der Waals surface area contributed by atoms with Crippen molar-refractivity contribution in [3.8, 4) is 17.2 Å². The molecule has 0 saturated heterocycles. The van der Waals surface area contributed by atoms with E-state index in [-0.39, 0.29) is 6.54 Å². The van der Waals surface area contributed by atoms with E-state index in [1.54, 1.807) is 18.3 Å². The van der Waals surface area contributed by atoms with Gasteiger partial charge in [-0.05, 0) is 17.7 Å². The summed E-state index contributed by atoms with van der Waals surface area (Å²) in [6.45, 7) is 0.366. The molecule has 0 spiro atoms. The zero-order valence-electron chi connectivity index (χ0n) is 20.4. The quantitative estimate of drug-likeness (QED) is 0.337. The lowest BCUT2D eigenvalue weighted by Gasteiger charge is -2.14. The summed E-state index contributed by atoms with van der Waals surface area (Å²) in [4.78, 5) is 25.3. The molecule has 1 amide bonds. The third kappa shape index (κ3) is 5.43. The Morgan fingerprint density at radius 2 is 1.50 bits per heavy atom. The number of benzene rings is 3. The van der Waals surface area contributed by atoms with E-state index in [1.165, 1.54) is 21.3 Å². The van der Waals surface area contributed by atoms with Gasteiger partial charge in [-0.25, -0.2) is 4.79 Å². The first-order valence-corrected chi connectivity index (χ1v) is 11.4. The minimum absolute atomic E-state index is 0.163. The van der Waals surface area contributed by atoms with E-state index >= 15 is 0 Å². The molecule has 1 heterocycles. The van der Waals surface area contributed by atoms with Gasteiger partial charge in [0, 0.05) is 41.8 Å². The second-order valence-corrected chi connectivity index (χ2v) is 8.05. The van der Waals surface area contributed by atoms with Gasteiger partial charge in [-0.3, -0.25) is 4.79 Å². The molecule has 36 heavy (non-hydrogen) atoms. The van der Waals surface area contributed by atoms with E-state index in [1.807, 2.05) is 59.2 Å². The summed E-state index contributed by atoms with van der Waals surface area (Å²) in [6, 6.07) is 21.0. The molecule has 8 heteroatoms. The molecule has 0 aliphatic rings. The minimum Gasteiger partial charge on any atom is -0.496 e. The number of amides is 1. The fourth-order valence-electron chi connectivity index (χ4n) is 4.00. The molecule has 0 aliphatic heterocycles. The Hall–Kier alpha value is -4.46. The number of nitrogens with one attached hydrogen (secondary N) is 1. The monoisotopic (exact) mass is 488 g/mol. The number of hydrogen-bond acceptors (Lipinski definition) is 6. The summed E-state index contributed by atoms with van der Waals surface area (Å²) >= 11 is 0. The SMILES string of the molecule is COc1cc(OC)c(OC)cc1CNC(=O)COC(=O)c1cn(Cc2ccccc2)c2ccccc12. The summed E-state index contributed by atoms with van der Waals surface area (Å²) in [7, 11) is 4.59. The van der Waals surface area contributed by atoms with Crippen molar-refractivity contribution in [2.45, 2.75) is 13.1 Å². The maximum atomic E-state index is 12.9. The Kier molecular flexibility index (Phi) is 7.75. The van der Waals surface area contributed by atoms with Crippen molar-refractivity contribution in [2.24, 2.45) is 0 Å². The lowest BCUT2D eigenvalue weighted by molar-refractivity contribution is -0.124. The second-order valence-electron chi connectivity index (χ2n) is 8.05. The van der Waals surface area contributed by atoms with Crippen LogP contribution in [0.2, 0.25) is 0 Å². The maximum absolute atomic E-state index is 12.9. The topological polar surface area (TPSA) is 88.0 Å². The molecule has 0 bridgehead atoms. The molecule has 1 N–H and O–H groups in total. The smallest absolute Gasteiger partial charge is 0.340 e. The van der Waals surface area contributed by atoms with Crippen molar-refractivity contribution in [1.29, 1.82) is 0 Å². The first-order valence-electron chi connectivity index (χ1n) is 11.4. The zero-order chi connectivity index (χ0) is 25.5. The number of rotatable bonds is 10. The molecule has 4 rings (SSSR count). The van der Waals surface area contributed by atoms with Crippen LogP contribution < -0.4 is 19.5 Å². The molecular weight excluding hydrogens is 460 g/mol. The number of esters is 1. The van der Waals surface area contributed by atoms with Gasteiger partial charge in [-0.15, -0.1) is 0 Å². The molecule has 8 nitrogen and oxygen atoms in total. The van der Waals surface area contributed by atoms with Gasteiger partial charge in [0.15, 0.2) is 18.1 Å². The fourth-order valence-corrected chi connectivity index (χ4v) is 4.00. The highest BCUT2D eigenvalue weighted by Gasteiger charge is 2.18. The Morgan fingerprint density at radius 3 is 2.22 bits per heavy atom. The van der Waals surface area contributed by atoms with Gasteiger partial charge in [0.1, 0.15) is 5.75 Å². The van der Waals surface area contributed by atoms with Crippen molar-refractivity contribution in [3.05, 3.63) is 89.6 Å². The Balaban J connectivity index is 1.41. The number of nitrogens with zero attached hydrogens (tertiary/aromatic N) is 1. The molecule has 4 aromatic rings. The predicted molar refractivity (Wildman–Crippen MR) is 136 cm³/mol. The van der Waals surface area contributed by atoms with E-state index < -0.39 is 18.5 Å². The molecule has 0 radical (unpaired) electrons. The zero-order valence-corrected chi connectivity index (χ0v) is 20.4. The van der Waals surface area contributed by atoms with Crippen LogP contribution >= 0.6 is 0 Å². The highest BCUT2D eigenvalue weighted by Crippen LogP contribution is 2.34. The summed E-state index contributed by atoms with van der Waals surface area (Å²) in [5, 5.41) is 3.52. The highest BCUT2D eigenvalue weighted by atomic mass is 16.5. The number of carbonyl (C=O) groups excluding carboxylic acids is 2. The van der Waals surface area contributed by atoms with Gasteiger partial charge in [0.05, 0.1) is 26.9 Å². The van der Waals surface area contributed by atoms with Gasteiger partial charge >= 0.3 is 5.97 Å². The van der Waals surface area contributed by atoms with Crippen molar-refractivity contribution in [1.82, 2.24) is 9.88 Å². The predicted octanol–water partition coefficient (Wildman–Crippen LogP) is 4.19. The van der Waals surface area contributed by atoms with Gasteiger partial charge in [0.2, 0.25) is 0 Å². The van der Waals surface area contributed by atoms with Crippen LogP contribution in [0.25, 0.3) is 10.9 Å². The van der Waals surface area contributed by atoms with E-state index in [9.17, 15) is 9.59 Å². The largest absolute Gasteiger partial charge is 0.496 e. The molecule has 0 aliphatic carbocycles. The molecule has 0 saturated carbocycles. The van der Waals surface area contributed by atoms with Crippen LogP contribution in [0.3, 0.4) is 0 Å². The van der Waals surface area contributed by atoms with Gasteiger partial charge in [-0.2, -0.15) is 0 Å². The van der Waals surface area contributed by atoms with Crippen LogP contribution in [0.4, 0.5) is 0 Å². The average Bonchev–Trinajstić information content (AvgIpc) is 3.28. The third-order valence-corrected chi connectivity index (χ3v) is 5.80. The number of fused-ring (bicyclic) bond motifs is 1. The third-order valence-electron chi connectivity index (χ3n) is 5.80. The summed E-state index contributed by atoms with van der Waals surface area (Å²) in [5.41, 5.74) is 3.14. The molecule has 1 aromatic heterocycles. The first kappa shape index (κ1) is 24.7. The number of ether oxygens (including phenoxy) is 4. The van der Waals surface area contributed by atoms with E-state index in [0.717, 1.165) is 16.5 Å². The van der Waals surface area contributed by atoms with Crippen LogP contribution in [0.1, 0.15) is 21.5 Å². The van der Waals surface area contributed by atoms with Crippen LogP contribution in [-0.4, -0.2) is 44.4 Å². The van der Waals surface area contributed by atoms with Crippen LogP contribution in [0, 0.1) is 0 Å². The highest BCUT2D eigenvalue weighted by molar-refractivity contribution is 6.04. The second kappa shape index (κ2) is 11.3. The molecule has 0 atom stereocenters. The number of para-hydroxylation sites is 1. The van der Waals surface area contributed by atoms with Gasteiger partial charge < -0.3 is 28.8 Å². The van der Waals surface area contributed by atoms with Crippen LogP contribution in [0.15, 0.2) is 72.9 Å². The van der Waals surface area contributed by atoms with Crippen molar-refractivity contribution in [2.75, 3.05) is 27.9 Å². The summed E-state index contributed by atoms with van der Waals surface area (Å²) < 4.78 is 23.3. The standard InChI is InChI=1S/C28H28N2O6/c1-33-24-14-26(35-3)25(34-2)13-20(24)15-29-27(31)18-36-28(32)22-17-30(16-19-9-5-4-6-10-19)23-12-8-7-11-21(22)23/h4-14,17H,15-16,18H2,1-3H3,(H,29,31). The Morgan fingerprint density at radius 1 is 0.833 bits per heavy atom. The van der Waals surface area contributed by atoms with Gasteiger partial charge in [0.25, 0.3) is 5.91 Å². The van der Waals surface area contributed by atoms with Crippen molar-refractivity contribution in [3.63, 3.8) is 0 Å². The molecular formula is C28H28N2O6. The van der Waals surface area contributed by atoms with Crippen LogP contribution in [-0.2, 0) is 22.6 Å². The summed E-state index contributed by atoms with van der Waals surface area (Å²) in [6.07, 6.45) is 1.77. The van der Waals surface area contributed by atoms with Crippen molar-refractivity contribution >= 4 is 22.8 Å². The Labute approximate surface area is 209 Å². The number of carbonyl (C=O) groups is 2. The average molecular weight is 489 g/mol. The maximum Gasteiger partial charge on any atom is 0.340 e. The number of aromatic nitrogens is 1. The lowest BCUT2D eigenvalue weighted by Crippen LogP contribution is -2.28. The number of hydrogen-bond donors (Lipinski definition) is 1. The van der Waals surface area contributed by atoms with Crippen molar-refractivity contribution < 1.29 is 28.5 Å². The van der Waals surface area contributed by atoms with E-state index in [2.05, 4.69) is 5.32 Å². The van der Waals surface area contributed by atoms with E-state index in [4.69, 9.17) is 18.9 Å².